The van der Waals surface area contributed by atoms with Gasteiger partial charge < -0.3 is 10.0 Å². The molecule has 1 saturated heterocycles. The number of hydrogen-bond donors (Lipinski definition) is 1. The quantitative estimate of drug-likeness (QED) is 0.922. The smallest absolute Gasteiger partial charge is 0.343 e. The predicted octanol–water partition coefficient (Wildman–Crippen LogP) is 2.69. The van der Waals surface area contributed by atoms with Crippen molar-refractivity contribution in [2.45, 2.75) is 25.4 Å². The van der Waals surface area contributed by atoms with Crippen molar-refractivity contribution in [3.8, 4) is 10.6 Å². The number of thiazole rings is 1. The van der Waals surface area contributed by atoms with E-state index < -0.39 is 18.2 Å². The molecule has 1 amide bonds. The Morgan fingerprint density at radius 1 is 1.38 bits per heavy atom. The number of nitrogens with zero attached hydrogens (tertiary/aromatic N) is 2. The molecule has 0 aliphatic carbocycles. The molecule has 2 heterocycles. The molecular formula is C17H17FN2O3S. The molecule has 0 bridgehead atoms. The summed E-state index contributed by atoms with van der Waals surface area (Å²) in [5, 5.41) is 11.5. The number of amides is 1. The molecule has 5 nitrogen and oxygen atoms in total. The van der Waals surface area contributed by atoms with Crippen LogP contribution in [0.3, 0.4) is 0 Å². The maximum absolute atomic E-state index is 14.0. The highest BCUT2D eigenvalue weighted by Crippen LogP contribution is 2.27. The molecule has 2 aromatic rings. The maximum atomic E-state index is 14.0. The average molecular weight is 348 g/mol. The minimum atomic E-state index is -2.33. The predicted molar refractivity (Wildman–Crippen MR) is 88.7 cm³/mol. The van der Waals surface area contributed by atoms with Crippen LogP contribution < -0.4 is 0 Å². The monoisotopic (exact) mass is 348 g/mol. The molecule has 0 spiro atoms. The van der Waals surface area contributed by atoms with Gasteiger partial charge in [0.1, 0.15) is 5.01 Å². The van der Waals surface area contributed by atoms with Crippen molar-refractivity contribution in [1.82, 2.24) is 9.88 Å². The van der Waals surface area contributed by atoms with Crippen molar-refractivity contribution in [3.05, 3.63) is 40.9 Å². The first-order valence-corrected chi connectivity index (χ1v) is 8.47. The van der Waals surface area contributed by atoms with Gasteiger partial charge in [0.05, 0.1) is 18.7 Å². The number of aryl methyl sites for hydroxylation is 1. The number of halogens is 1. The largest absolute Gasteiger partial charge is 0.479 e. The van der Waals surface area contributed by atoms with Gasteiger partial charge in [0.2, 0.25) is 11.6 Å². The van der Waals surface area contributed by atoms with Crippen molar-refractivity contribution in [2.75, 3.05) is 13.1 Å². The topological polar surface area (TPSA) is 70.5 Å². The van der Waals surface area contributed by atoms with Crippen molar-refractivity contribution in [3.63, 3.8) is 0 Å². The number of carbonyl (C=O) groups is 2. The fourth-order valence-corrected chi connectivity index (χ4v) is 3.47. The van der Waals surface area contributed by atoms with E-state index in [1.165, 1.54) is 16.2 Å². The standard InChI is InChI=1S/C17H17FN2O3S/c1-11-2-4-12(5-3-11)15-19-13(9-24-15)8-14(21)20-7-6-17(18,10-20)16(22)23/h2-5,9H,6-8,10H2,1H3,(H,22,23). The number of carboxylic acids is 1. The number of rotatable bonds is 4. The zero-order valence-electron chi connectivity index (χ0n) is 13.2. The third-order valence-corrected chi connectivity index (χ3v) is 5.08. The first-order chi connectivity index (χ1) is 11.4. The number of aromatic nitrogens is 1. The Kier molecular flexibility index (Phi) is 4.36. The minimum Gasteiger partial charge on any atom is -0.479 e. The van der Waals surface area contributed by atoms with Gasteiger partial charge in [0.15, 0.2) is 0 Å². The van der Waals surface area contributed by atoms with Gasteiger partial charge in [-0.2, -0.15) is 0 Å². The average Bonchev–Trinajstić information content (AvgIpc) is 3.16. The Labute approximate surface area is 142 Å². The SMILES string of the molecule is Cc1ccc(-c2nc(CC(=O)N3CCC(F)(C(=O)O)C3)cs2)cc1. The Morgan fingerprint density at radius 3 is 2.71 bits per heavy atom. The summed E-state index contributed by atoms with van der Waals surface area (Å²) in [6.45, 7) is 1.74. The van der Waals surface area contributed by atoms with Gasteiger partial charge in [-0.05, 0) is 6.92 Å². The molecule has 1 aliphatic rings. The van der Waals surface area contributed by atoms with Gasteiger partial charge in [-0.25, -0.2) is 14.2 Å². The lowest BCUT2D eigenvalue weighted by Gasteiger charge is -2.17. The number of likely N-dealkylation sites (tertiary alicyclic amines) is 1. The Balaban J connectivity index is 1.66. The van der Waals surface area contributed by atoms with Crippen LogP contribution in [0.1, 0.15) is 17.7 Å². The maximum Gasteiger partial charge on any atom is 0.343 e. The number of carboxylic acid groups (broad SMARTS) is 1. The van der Waals surface area contributed by atoms with Crippen LogP contribution in [-0.2, 0) is 16.0 Å². The van der Waals surface area contributed by atoms with Crippen molar-refractivity contribution >= 4 is 23.2 Å². The van der Waals surface area contributed by atoms with E-state index in [0.717, 1.165) is 16.1 Å². The number of alkyl halides is 1. The summed E-state index contributed by atoms with van der Waals surface area (Å²) in [5.74, 6) is -1.80. The molecule has 0 radical (unpaired) electrons. The zero-order chi connectivity index (χ0) is 17.3. The number of hydrogen-bond acceptors (Lipinski definition) is 4. The second kappa shape index (κ2) is 6.32. The molecule has 1 aliphatic heterocycles. The van der Waals surface area contributed by atoms with E-state index in [1.54, 1.807) is 0 Å². The fraction of sp³-hybridized carbons (Fsp3) is 0.353. The summed E-state index contributed by atoms with van der Waals surface area (Å²) < 4.78 is 14.0. The summed E-state index contributed by atoms with van der Waals surface area (Å²) in [7, 11) is 0. The lowest BCUT2D eigenvalue weighted by atomic mass is 10.1. The highest BCUT2D eigenvalue weighted by Gasteiger charge is 2.46. The summed E-state index contributed by atoms with van der Waals surface area (Å²) in [4.78, 5) is 28.9. The van der Waals surface area contributed by atoms with E-state index in [9.17, 15) is 14.0 Å². The number of aliphatic carboxylic acids is 1. The first kappa shape index (κ1) is 16.6. The van der Waals surface area contributed by atoms with Gasteiger partial charge in [-0.3, -0.25) is 4.79 Å². The van der Waals surface area contributed by atoms with Crippen molar-refractivity contribution < 1.29 is 19.1 Å². The summed E-state index contributed by atoms with van der Waals surface area (Å²) in [5.41, 5.74) is 0.435. The van der Waals surface area contributed by atoms with Crippen molar-refractivity contribution in [2.24, 2.45) is 0 Å². The normalized spacial score (nSPS) is 20.3. The van der Waals surface area contributed by atoms with Gasteiger partial charge in [0, 0.05) is 23.9 Å². The molecule has 1 aromatic carbocycles. The van der Waals surface area contributed by atoms with Crippen LogP contribution in [0.15, 0.2) is 29.6 Å². The molecule has 1 atom stereocenters. The summed E-state index contributed by atoms with van der Waals surface area (Å²) >= 11 is 1.45. The second-order valence-corrected chi connectivity index (χ2v) is 6.88. The minimum absolute atomic E-state index is 0.0536. The molecule has 1 fully saturated rings. The molecule has 3 rings (SSSR count). The van der Waals surface area contributed by atoms with Gasteiger partial charge in [-0.1, -0.05) is 29.8 Å². The van der Waals surface area contributed by atoms with Gasteiger partial charge in [-0.15, -0.1) is 11.3 Å². The molecule has 1 aromatic heterocycles. The lowest BCUT2D eigenvalue weighted by Crippen LogP contribution is -2.39. The van der Waals surface area contributed by atoms with E-state index in [0.29, 0.717) is 5.69 Å². The van der Waals surface area contributed by atoms with E-state index >= 15 is 0 Å². The highest BCUT2D eigenvalue weighted by atomic mass is 32.1. The number of benzene rings is 1. The Bertz CT molecular complexity index is 774. The van der Waals surface area contributed by atoms with E-state index in [4.69, 9.17) is 5.11 Å². The molecule has 126 valence electrons. The molecule has 1 unspecified atom stereocenters. The third-order valence-electron chi connectivity index (χ3n) is 4.14. The third kappa shape index (κ3) is 3.31. The highest BCUT2D eigenvalue weighted by molar-refractivity contribution is 7.13. The summed E-state index contributed by atoms with van der Waals surface area (Å²) in [6.07, 6.45) is -0.113. The first-order valence-electron chi connectivity index (χ1n) is 7.59. The molecule has 1 N–H and O–H groups in total. The molecule has 24 heavy (non-hydrogen) atoms. The zero-order valence-corrected chi connectivity index (χ0v) is 14.0. The fourth-order valence-electron chi connectivity index (χ4n) is 2.64. The second-order valence-electron chi connectivity index (χ2n) is 6.02. The van der Waals surface area contributed by atoms with Crippen LogP contribution in [0.5, 0.6) is 0 Å². The van der Waals surface area contributed by atoms with Crippen LogP contribution in [0, 0.1) is 6.92 Å². The van der Waals surface area contributed by atoms with E-state index in [2.05, 4.69) is 4.98 Å². The van der Waals surface area contributed by atoms with Gasteiger partial charge in [0.25, 0.3) is 0 Å². The van der Waals surface area contributed by atoms with E-state index in [-0.39, 0.29) is 25.3 Å². The summed E-state index contributed by atoms with van der Waals surface area (Å²) in [6, 6.07) is 7.95. The number of carbonyl (C=O) groups excluding carboxylic acids is 1. The Morgan fingerprint density at radius 2 is 2.08 bits per heavy atom. The van der Waals surface area contributed by atoms with E-state index in [1.807, 2.05) is 36.6 Å². The van der Waals surface area contributed by atoms with Crippen molar-refractivity contribution in [1.29, 1.82) is 0 Å². The van der Waals surface area contributed by atoms with Crippen LogP contribution in [-0.4, -0.2) is 45.6 Å². The lowest BCUT2D eigenvalue weighted by molar-refractivity contribution is -0.150. The molecular weight excluding hydrogens is 331 g/mol. The molecule has 0 saturated carbocycles. The van der Waals surface area contributed by atoms with Crippen LogP contribution >= 0.6 is 11.3 Å². The van der Waals surface area contributed by atoms with Gasteiger partial charge >= 0.3 is 5.97 Å². The Hall–Kier alpha value is -2.28. The molecule has 7 heteroatoms. The van der Waals surface area contributed by atoms with Crippen LogP contribution in [0.25, 0.3) is 10.6 Å². The van der Waals surface area contributed by atoms with Crippen LogP contribution in [0.2, 0.25) is 0 Å². The van der Waals surface area contributed by atoms with Crippen LogP contribution in [0.4, 0.5) is 4.39 Å².